The quantitative estimate of drug-likeness (QED) is 0.0674. The first kappa shape index (κ1) is 36.9. The zero-order chi connectivity index (χ0) is 27.9. The van der Waals surface area contributed by atoms with Gasteiger partial charge in [0.25, 0.3) is 0 Å². The van der Waals surface area contributed by atoms with E-state index in [-0.39, 0.29) is 24.6 Å². The first-order valence-electron chi connectivity index (χ1n) is 17.0. The largest absolute Gasteiger partial charge is 0.462 e. The number of hydrogen-bond donors (Lipinski definition) is 0. The molecule has 0 aliphatic heterocycles. The molecule has 4 nitrogen and oxygen atoms in total. The molecule has 0 bridgehead atoms. The Bertz CT molecular complexity index is 505. The number of carbonyl (C=O) groups is 2. The Morgan fingerprint density at radius 1 is 0.447 bits per heavy atom. The fourth-order valence-corrected chi connectivity index (χ4v) is 4.99. The van der Waals surface area contributed by atoms with Crippen molar-refractivity contribution in [1.29, 1.82) is 0 Å². The lowest BCUT2D eigenvalue weighted by Crippen LogP contribution is -2.25. The van der Waals surface area contributed by atoms with Crippen molar-refractivity contribution in [3.05, 3.63) is 0 Å². The molecule has 0 aromatic carbocycles. The third-order valence-corrected chi connectivity index (χ3v) is 7.58. The van der Waals surface area contributed by atoms with Gasteiger partial charge in [-0.15, -0.1) is 0 Å². The van der Waals surface area contributed by atoms with E-state index in [2.05, 4.69) is 20.8 Å². The third-order valence-electron chi connectivity index (χ3n) is 7.58. The van der Waals surface area contributed by atoms with Crippen LogP contribution in [0.2, 0.25) is 0 Å². The van der Waals surface area contributed by atoms with Crippen molar-refractivity contribution in [3.63, 3.8) is 0 Å². The molecule has 0 aliphatic rings. The molecule has 1 unspecified atom stereocenters. The maximum atomic E-state index is 12.5. The summed E-state index contributed by atoms with van der Waals surface area (Å²) in [6.45, 7) is 6.94. The van der Waals surface area contributed by atoms with Crippen LogP contribution in [0.4, 0.5) is 0 Å². The van der Waals surface area contributed by atoms with Crippen molar-refractivity contribution in [2.24, 2.45) is 0 Å². The molecule has 0 aromatic heterocycles. The van der Waals surface area contributed by atoms with Gasteiger partial charge in [0, 0.05) is 12.8 Å². The van der Waals surface area contributed by atoms with E-state index in [1.807, 2.05) is 0 Å². The molecule has 0 rings (SSSR count). The average Bonchev–Trinajstić information content (AvgIpc) is 2.91. The summed E-state index contributed by atoms with van der Waals surface area (Å²) in [6, 6.07) is 0. The molecule has 0 amide bonds. The highest BCUT2D eigenvalue weighted by atomic mass is 16.6. The van der Waals surface area contributed by atoms with Gasteiger partial charge in [0.2, 0.25) is 0 Å². The third kappa shape index (κ3) is 28.0. The minimum atomic E-state index is -0.293. The highest BCUT2D eigenvalue weighted by Gasteiger charge is 2.17. The zero-order valence-electron chi connectivity index (χ0n) is 26.0. The van der Waals surface area contributed by atoms with Crippen LogP contribution < -0.4 is 0 Å². The summed E-state index contributed by atoms with van der Waals surface area (Å²) >= 11 is 0. The number of carbonyl (C=O) groups excluding carboxylic acids is 2. The molecule has 4 heteroatoms. The molecule has 1 atom stereocenters. The topological polar surface area (TPSA) is 52.6 Å². The highest BCUT2D eigenvalue weighted by Crippen LogP contribution is 2.16. The van der Waals surface area contributed by atoms with E-state index in [1.54, 1.807) is 0 Å². The number of esters is 2. The summed E-state index contributed by atoms with van der Waals surface area (Å²) in [5.41, 5.74) is 0. The van der Waals surface area contributed by atoms with Crippen molar-refractivity contribution in [2.75, 3.05) is 6.61 Å². The van der Waals surface area contributed by atoms with E-state index in [0.29, 0.717) is 12.8 Å². The minimum Gasteiger partial charge on any atom is -0.462 e. The smallest absolute Gasteiger partial charge is 0.306 e. The van der Waals surface area contributed by atoms with Crippen LogP contribution >= 0.6 is 0 Å². The Hall–Kier alpha value is -1.06. The molecule has 0 aliphatic carbocycles. The molecule has 0 fully saturated rings. The molecule has 0 heterocycles. The van der Waals surface area contributed by atoms with Gasteiger partial charge < -0.3 is 9.47 Å². The van der Waals surface area contributed by atoms with Crippen LogP contribution in [0.5, 0.6) is 0 Å². The number of ether oxygens (including phenoxy) is 2. The van der Waals surface area contributed by atoms with Crippen LogP contribution in [0.15, 0.2) is 0 Å². The summed E-state index contributed by atoms with van der Waals surface area (Å²) in [4.78, 5) is 24.7. The Morgan fingerprint density at radius 2 is 0.789 bits per heavy atom. The molecule has 0 radical (unpaired) electrons. The van der Waals surface area contributed by atoms with Crippen molar-refractivity contribution in [3.8, 4) is 0 Å². The van der Waals surface area contributed by atoms with Gasteiger partial charge in [-0.3, -0.25) is 9.59 Å². The molecular formula is C34H66O4. The van der Waals surface area contributed by atoms with E-state index in [4.69, 9.17) is 9.47 Å². The summed E-state index contributed by atoms with van der Waals surface area (Å²) in [5.74, 6) is -0.270. The lowest BCUT2D eigenvalue weighted by Gasteiger charge is -2.18. The second-order valence-electron chi connectivity index (χ2n) is 11.5. The van der Waals surface area contributed by atoms with Gasteiger partial charge in [-0.05, 0) is 25.7 Å². The second kappa shape index (κ2) is 30.5. The van der Waals surface area contributed by atoms with Gasteiger partial charge in [-0.1, -0.05) is 156 Å². The Labute approximate surface area is 237 Å². The molecule has 0 saturated carbocycles. The number of unbranched alkanes of at least 4 members (excludes halogenated alkanes) is 21. The van der Waals surface area contributed by atoms with Crippen LogP contribution in [-0.4, -0.2) is 24.6 Å². The van der Waals surface area contributed by atoms with Gasteiger partial charge in [-0.25, -0.2) is 0 Å². The first-order chi connectivity index (χ1) is 18.6. The summed E-state index contributed by atoms with van der Waals surface area (Å²) in [6.07, 6.45) is 30.9. The van der Waals surface area contributed by atoms with E-state index in [9.17, 15) is 9.59 Å². The Balaban J connectivity index is 4.20. The standard InChI is InChI=1S/C34H66O4/c1-4-7-10-13-16-17-18-21-22-25-28-32(38-34(36)30-27-24-20-15-12-9-6-3)31-37-33(35)29-26-23-19-14-11-8-5-2/h32H,4-31H2,1-3H3. The van der Waals surface area contributed by atoms with E-state index in [0.717, 1.165) is 44.9 Å². The van der Waals surface area contributed by atoms with Crippen LogP contribution in [0.1, 0.15) is 194 Å². The molecule has 0 aromatic rings. The fourth-order valence-electron chi connectivity index (χ4n) is 4.99. The van der Waals surface area contributed by atoms with Crippen LogP contribution in [0, 0.1) is 0 Å². The first-order valence-corrected chi connectivity index (χ1v) is 17.0. The van der Waals surface area contributed by atoms with Crippen LogP contribution in [0.3, 0.4) is 0 Å². The summed E-state index contributed by atoms with van der Waals surface area (Å²) < 4.78 is 11.3. The predicted octanol–water partition coefficient (Wildman–Crippen LogP) is 11.0. The molecule has 0 saturated heterocycles. The molecule has 0 spiro atoms. The average molecular weight is 539 g/mol. The number of rotatable bonds is 30. The van der Waals surface area contributed by atoms with Crippen molar-refractivity contribution in [1.82, 2.24) is 0 Å². The zero-order valence-corrected chi connectivity index (χ0v) is 26.0. The predicted molar refractivity (Wildman–Crippen MR) is 163 cm³/mol. The lowest BCUT2D eigenvalue weighted by molar-refractivity contribution is -0.159. The van der Waals surface area contributed by atoms with Crippen LogP contribution in [-0.2, 0) is 19.1 Å². The number of hydrogen-bond acceptors (Lipinski definition) is 4. The SMILES string of the molecule is CCCCCCCCCCCCC(COC(=O)CCCCCCCCC)OC(=O)CCCCCCCCC. The summed E-state index contributed by atoms with van der Waals surface area (Å²) in [5, 5.41) is 0. The van der Waals surface area contributed by atoms with Crippen LogP contribution in [0.25, 0.3) is 0 Å². The van der Waals surface area contributed by atoms with Gasteiger partial charge in [0.15, 0.2) is 0 Å². The maximum Gasteiger partial charge on any atom is 0.306 e. The second-order valence-corrected chi connectivity index (χ2v) is 11.5. The van der Waals surface area contributed by atoms with E-state index in [1.165, 1.54) is 116 Å². The molecular weight excluding hydrogens is 472 g/mol. The lowest BCUT2D eigenvalue weighted by atomic mass is 10.0. The van der Waals surface area contributed by atoms with Gasteiger partial charge in [0.05, 0.1) is 0 Å². The summed E-state index contributed by atoms with van der Waals surface area (Å²) in [7, 11) is 0. The van der Waals surface area contributed by atoms with Gasteiger partial charge >= 0.3 is 11.9 Å². The fraction of sp³-hybridized carbons (Fsp3) is 0.941. The van der Waals surface area contributed by atoms with Gasteiger partial charge in [-0.2, -0.15) is 0 Å². The molecule has 0 N–H and O–H groups in total. The monoisotopic (exact) mass is 538 g/mol. The van der Waals surface area contributed by atoms with Gasteiger partial charge in [0.1, 0.15) is 12.7 Å². The maximum absolute atomic E-state index is 12.5. The Morgan fingerprint density at radius 3 is 1.21 bits per heavy atom. The normalized spacial score (nSPS) is 12.0. The Kier molecular flexibility index (Phi) is 29.6. The van der Waals surface area contributed by atoms with E-state index < -0.39 is 0 Å². The highest BCUT2D eigenvalue weighted by molar-refractivity contribution is 5.70. The van der Waals surface area contributed by atoms with Crippen molar-refractivity contribution >= 4 is 11.9 Å². The minimum absolute atomic E-state index is 0.126. The van der Waals surface area contributed by atoms with E-state index >= 15 is 0 Å². The van der Waals surface area contributed by atoms with Crippen molar-refractivity contribution < 1.29 is 19.1 Å². The molecule has 226 valence electrons. The van der Waals surface area contributed by atoms with Crippen molar-refractivity contribution in [2.45, 2.75) is 200 Å². The molecule has 38 heavy (non-hydrogen) atoms.